The van der Waals surface area contributed by atoms with Gasteiger partial charge in [0.2, 0.25) is 0 Å². The van der Waals surface area contributed by atoms with Gasteiger partial charge in [-0.05, 0) is 6.92 Å². The minimum absolute atomic E-state index is 0.256. The molecule has 0 aromatic carbocycles. The summed E-state index contributed by atoms with van der Waals surface area (Å²) in [7, 11) is -4.23. The standard InChI is InChI=1S/C5H11O6P/c1-5(7,3-6)4-2-10-12(8,9)11-4/h4,6-7H,2-3H2,1H3,(H,8,9)/p-1/t4-,5+/m1/s1. The number of rotatable bonds is 2. The van der Waals surface area contributed by atoms with Crippen molar-refractivity contribution < 1.29 is 28.7 Å². The van der Waals surface area contributed by atoms with Gasteiger partial charge in [-0.25, -0.2) is 0 Å². The summed E-state index contributed by atoms with van der Waals surface area (Å²) in [5, 5.41) is 18.0. The first-order valence-electron chi connectivity index (χ1n) is 3.34. The molecule has 1 saturated heterocycles. The second kappa shape index (κ2) is 3.06. The summed E-state index contributed by atoms with van der Waals surface area (Å²) in [4.78, 5) is 10.6. The molecule has 0 bridgehead atoms. The van der Waals surface area contributed by atoms with Crippen LogP contribution in [-0.4, -0.2) is 35.1 Å². The molecule has 0 aromatic heterocycles. The normalized spacial score (nSPS) is 41.2. The van der Waals surface area contributed by atoms with Gasteiger partial charge in [0, 0.05) is 0 Å². The van der Waals surface area contributed by atoms with Crippen LogP contribution in [0.1, 0.15) is 6.92 Å². The van der Waals surface area contributed by atoms with Crippen molar-refractivity contribution in [2.45, 2.75) is 18.6 Å². The van der Waals surface area contributed by atoms with Crippen LogP contribution in [0.5, 0.6) is 0 Å². The number of phosphoric ester groups is 1. The van der Waals surface area contributed by atoms with Gasteiger partial charge in [-0.1, -0.05) is 0 Å². The third-order valence-electron chi connectivity index (χ3n) is 1.65. The molecule has 1 fully saturated rings. The lowest BCUT2D eigenvalue weighted by Gasteiger charge is -2.26. The molecule has 1 unspecified atom stereocenters. The van der Waals surface area contributed by atoms with Crippen molar-refractivity contribution in [3.63, 3.8) is 0 Å². The van der Waals surface area contributed by atoms with Gasteiger partial charge in [0.15, 0.2) is 0 Å². The van der Waals surface area contributed by atoms with E-state index in [-0.39, 0.29) is 6.61 Å². The van der Waals surface area contributed by atoms with Crippen LogP contribution in [0.25, 0.3) is 0 Å². The van der Waals surface area contributed by atoms with E-state index < -0.39 is 26.1 Å². The van der Waals surface area contributed by atoms with E-state index >= 15 is 0 Å². The lowest BCUT2D eigenvalue weighted by atomic mass is 10.0. The van der Waals surface area contributed by atoms with Crippen LogP contribution >= 0.6 is 7.82 Å². The molecule has 0 radical (unpaired) electrons. The molecule has 72 valence electrons. The van der Waals surface area contributed by atoms with E-state index in [4.69, 9.17) is 5.11 Å². The van der Waals surface area contributed by atoms with Gasteiger partial charge in [-0.3, -0.25) is 4.57 Å². The summed E-state index contributed by atoms with van der Waals surface area (Å²) in [6, 6.07) is 0. The number of aliphatic hydroxyl groups excluding tert-OH is 1. The monoisotopic (exact) mass is 197 g/mol. The van der Waals surface area contributed by atoms with Crippen molar-refractivity contribution in [3.05, 3.63) is 0 Å². The Balaban J connectivity index is 2.64. The number of hydrogen-bond acceptors (Lipinski definition) is 6. The lowest BCUT2D eigenvalue weighted by Crippen LogP contribution is -2.44. The Bertz CT molecular complexity index is 214. The van der Waals surface area contributed by atoms with Gasteiger partial charge in [0.1, 0.15) is 11.7 Å². The van der Waals surface area contributed by atoms with Gasteiger partial charge in [0.05, 0.1) is 13.2 Å². The van der Waals surface area contributed by atoms with Crippen LogP contribution in [0.4, 0.5) is 0 Å². The third-order valence-corrected chi connectivity index (χ3v) is 2.63. The molecule has 0 aliphatic carbocycles. The average molecular weight is 197 g/mol. The SMILES string of the molecule is C[C@](O)(CO)[C@H]1COP(=O)([O-])O1. The van der Waals surface area contributed by atoms with E-state index in [1.807, 2.05) is 0 Å². The number of aliphatic hydroxyl groups is 2. The highest BCUT2D eigenvalue weighted by atomic mass is 31.2. The molecule has 1 aliphatic rings. The molecule has 3 atom stereocenters. The van der Waals surface area contributed by atoms with Gasteiger partial charge >= 0.3 is 0 Å². The molecular weight excluding hydrogens is 187 g/mol. The Morgan fingerprint density at radius 3 is 2.75 bits per heavy atom. The zero-order valence-electron chi connectivity index (χ0n) is 6.47. The van der Waals surface area contributed by atoms with Crippen LogP contribution in [0.2, 0.25) is 0 Å². The highest BCUT2D eigenvalue weighted by Crippen LogP contribution is 2.47. The quantitative estimate of drug-likeness (QED) is 0.529. The van der Waals surface area contributed by atoms with Crippen LogP contribution in [-0.2, 0) is 13.6 Å². The Morgan fingerprint density at radius 1 is 1.83 bits per heavy atom. The van der Waals surface area contributed by atoms with E-state index in [2.05, 4.69) is 9.05 Å². The second-order valence-electron chi connectivity index (χ2n) is 2.85. The Kier molecular flexibility index (Phi) is 2.58. The van der Waals surface area contributed by atoms with E-state index in [1.54, 1.807) is 0 Å². The van der Waals surface area contributed by atoms with E-state index in [0.717, 1.165) is 0 Å². The van der Waals surface area contributed by atoms with Crippen LogP contribution < -0.4 is 4.89 Å². The van der Waals surface area contributed by atoms with E-state index in [9.17, 15) is 14.6 Å². The van der Waals surface area contributed by atoms with E-state index in [0.29, 0.717) is 0 Å². The molecule has 0 aromatic rings. The van der Waals surface area contributed by atoms with Gasteiger partial charge in [-0.15, -0.1) is 0 Å². The van der Waals surface area contributed by atoms with Crippen molar-refractivity contribution in [3.8, 4) is 0 Å². The minimum atomic E-state index is -4.23. The van der Waals surface area contributed by atoms with Crippen molar-refractivity contribution in [2.24, 2.45) is 0 Å². The van der Waals surface area contributed by atoms with Crippen LogP contribution in [0.15, 0.2) is 0 Å². The summed E-state index contributed by atoms with van der Waals surface area (Å²) >= 11 is 0. The molecule has 0 amide bonds. The fourth-order valence-corrected chi connectivity index (χ4v) is 1.75. The van der Waals surface area contributed by atoms with Gasteiger partial charge < -0.3 is 24.2 Å². The number of hydrogen-bond donors (Lipinski definition) is 2. The largest absolute Gasteiger partial charge is 0.756 e. The summed E-state index contributed by atoms with van der Waals surface area (Å²) in [6.07, 6.45) is -1.02. The third kappa shape index (κ3) is 2.04. The Morgan fingerprint density at radius 2 is 2.42 bits per heavy atom. The van der Waals surface area contributed by atoms with Crippen molar-refractivity contribution in [2.75, 3.05) is 13.2 Å². The van der Waals surface area contributed by atoms with Gasteiger partial charge in [-0.2, -0.15) is 0 Å². The van der Waals surface area contributed by atoms with Crippen molar-refractivity contribution in [1.82, 2.24) is 0 Å². The maximum Gasteiger partial charge on any atom is 0.268 e. The molecule has 1 aliphatic heterocycles. The average Bonchev–Trinajstić information content (AvgIpc) is 2.31. The minimum Gasteiger partial charge on any atom is -0.756 e. The summed E-state index contributed by atoms with van der Waals surface area (Å²) in [6.45, 7) is 0.432. The lowest BCUT2D eigenvalue weighted by molar-refractivity contribution is -0.218. The fraction of sp³-hybridized carbons (Fsp3) is 1.00. The molecule has 0 saturated carbocycles. The maximum atomic E-state index is 10.6. The molecule has 12 heavy (non-hydrogen) atoms. The van der Waals surface area contributed by atoms with Crippen molar-refractivity contribution >= 4 is 7.82 Å². The zero-order valence-corrected chi connectivity index (χ0v) is 7.36. The Hall–Kier alpha value is 0.0300. The number of phosphoric acid groups is 1. The first kappa shape index (κ1) is 10.1. The second-order valence-corrected chi connectivity index (χ2v) is 4.22. The summed E-state index contributed by atoms with van der Waals surface area (Å²) < 4.78 is 19.2. The topological polar surface area (TPSA) is 99.0 Å². The predicted molar refractivity (Wildman–Crippen MR) is 36.1 cm³/mol. The Labute approximate surface area is 69.4 Å². The van der Waals surface area contributed by atoms with Crippen LogP contribution in [0, 0.1) is 0 Å². The van der Waals surface area contributed by atoms with Crippen LogP contribution in [0.3, 0.4) is 0 Å². The highest BCUT2D eigenvalue weighted by Gasteiger charge is 2.40. The molecule has 1 heterocycles. The molecule has 6 nitrogen and oxygen atoms in total. The fourth-order valence-electron chi connectivity index (χ4n) is 0.771. The maximum absolute atomic E-state index is 10.6. The van der Waals surface area contributed by atoms with E-state index in [1.165, 1.54) is 6.92 Å². The zero-order chi connectivity index (χ0) is 9.41. The van der Waals surface area contributed by atoms with Crippen molar-refractivity contribution in [1.29, 1.82) is 0 Å². The molecule has 0 spiro atoms. The first-order valence-corrected chi connectivity index (χ1v) is 4.81. The van der Waals surface area contributed by atoms with Gasteiger partial charge in [0.25, 0.3) is 7.82 Å². The molecule has 2 N–H and O–H groups in total. The first-order chi connectivity index (χ1) is 5.37. The summed E-state index contributed by atoms with van der Waals surface area (Å²) in [5.74, 6) is 0. The highest BCUT2D eigenvalue weighted by molar-refractivity contribution is 7.46. The smallest absolute Gasteiger partial charge is 0.268 e. The predicted octanol–water partition coefficient (Wildman–Crippen LogP) is -1.39. The molecular formula is C5H10O6P-. The summed E-state index contributed by atoms with van der Waals surface area (Å²) in [5.41, 5.74) is -1.59. The molecule has 1 rings (SSSR count). The molecule has 7 heteroatoms.